The van der Waals surface area contributed by atoms with Gasteiger partial charge in [-0.25, -0.2) is 9.97 Å². The van der Waals surface area contributed by atoms with Crippen molar-refractivity contribution in [1.82, 2.24) is 9.97 Å². The molecule has 1 aromatic heterocycles. The Kier molecular flexibility index (Phi) is 6.04. The molecular formula is C23H26N4O. The lowest BCUT2D eigenvalue weighted by atomic mass is 10.2. The summed E-state index contributed by atoms with van der Waals surface area (Å²) < 4.78 is 0. The van der Waals surface area contributed by atoms with Crippen LogP contribution in [0.15, 0.2) is 60.7 Å². The normalized spacial score (nSPS) is 10.6. The molecule has 5 nitrogen and oxygen atoms in total. The fraction of sp³-hybridized carbons (Fsp3) is 0.261. The Bertz CT molecular complexity index is 956. The highest BCUT2D eigenvalue weighted by atomic mass is 16.2. The molecule has 0 N–H and O–H groups in total. The molecule has 0 bridgehead atoms. The van der Waals surface area contributed by atoms with Crippen molar-refractivity contribution >= 4 is 23.1 Å². The Morgan fingerprint density at radius 2 is 1.57 bits per heavy atom. The lowest BCUT2D eigenvalue weighted by molar-refractivity contribution is 0.0983. The summed E-state index contributed by atoms with van der Waals surface area (Å²) in [7, 11) is 0. The third-order valence-corrected chi connectivity index (χ3v) is 4.58. The van der Waals surface area contributed by atoms with E-state index in [2.05, 4.69) is 21.8 Å². The fourth-order valence-electron chi connectivity index (χ4n) is 3.26. The van der Waals surface area contributed by atoms with Crippen molar-refractivity contribution in [2.24, 2.45) is 0 Å². The molecule has 28 heavy (non-hydrogen) atoms. The van der Waals surface area contributed by atoms with Crippen LogP contribution in [0.3, 0.4) is 0 Å². The first kappa shape index (κ1) is 19.5. The molecule has 0 atom stereocenters. The molecule has 0 aliphatic heterocycles. The summed E-state index contributed by atoms with van der Waals surface area (Å²) in [6.07, 6.45) is 0. The molecule has 0 aliphatic carbocycles. The van der Waals surface area contributed by atoms with Crippen LogP contribution in [0.2, 0.25) is 0 Å². The van der Waals surface area contributed by atoms with E-state index in [1.54, 1.807) is 11.0 Å². The molecule has 0 radical (unpaired) electrons. The molecule has 0 fully saturated rings. The zero-order valence-corrected chi connectivity index (χ0v) is 16.9. The number of hydrogen-bond acceptors (Lipinski definition) is 4. The number of benzene rings is 2. The third kappa shape index (κ3) is 4.19. The van der Waals surface area contributed by atoms with E-state index < -0.39 is 0 Å². The van der Waals surface area contributed by atoms with Gasteiger partial charge in [-0.3, -0.25) is 4.79 Å². The van der Waals surface area contributed by atoms with Crippen molar-refractivity contribution in [3.8, 4) is 0 Å². The SMILES string of the molecule is CCN(C(=O)c1cc(N(CC)c2ccccc2)nc(C)n1)c1cccc(C)c1. The van der Waals surface area contributed by atoms with Gasteiger partial charge in [-0.05, 0) is 57.5 Å². The Morgan fingerprint density at radius 3 is 2.21 bits per heavy atom. The Balaban J connectivity index is 1.99. The van der Waals surface area contributed by atoms with Crippen LogP contribution in [0.25, 0.3) is 0 Å². The minimum atomic E-state index is -0.121. The number of carbonyl (C=O) groups excluding carboxylic acids is 1. The second kappa shape index (κ2) is 8.65. The van der Waals surface area contributed by atoms with Crippen molar-refractivity contribution in [2.45, 2.75) is 27.7 Å². The molecule has 0 saturated carbocycles. The molecule has 0 spiro atoms. The molecule has 3 rings (SSSR count). The predicted molar refractivity (Wildman–Crippen MR) is 114 cm³/mol. The van der Waals surface area contributed by atoms with Gasteiger partial charge in [0.15, 0.2) is 0 Å². The molecule has 1 heterocycles. The lowest BCUT2D eigenvalue weighted by Crippen LogP contribution is -2.32. The third-order valence-electron chi connectivity index (χ3n) is 4.58. The molecule has 3 aromatic rings. The lowest BCUT2D eigenvalue weighted by Gasteiger charge is -2.24. The number of aryl methyl sites for hydroxylation is 2. The van der Waals surface area contributed by atoms with Gasteiger partial charge in [0.1, 0.15) is 17.3 Å². The van der Waals surface area contributed by atoms with Crippen molar-refractivity contribution < 1.29 is 4.79 Å². The number of carbonyl (C=O) groups is 1. The summed E-state index contributed by atoms with van der Waals surface area (Å²) in [6.45, 7) is 9.19. The summed E-state index contributed by atoms with van der Waals surface area (Å²) in [5.74, 6) is 1.18. The zero-order chi connectivity index (χ0) is 20.1. The standard InChI is InChI=1S/C23H26N4O/c1-5-26(19-12-8-7-9-13-19)22-16-21(24-18(4)25-22)23(28)27(6-2)20-14-10-11-17(3)15-20/h7-16H,5-6H2,1-4H3. The van der Waals surface area contributed by atoms with Gasteiger partial charge in [-0.2, -0.15) is 0 Å². The van der Waals surface area contributed by atoms with Gasteiger partial charge in [-0.15, -0.1) is 0 Å². The zero-order valence-electron chi connectivity index (χ0n) is 16.9. The van der Waals surface area contributed by atoms with Gasteiger partial charge in [0, 0.05) is 30.5 Å². The van der Waals surface area contributed by atoms with Gasteiger partial charge < -0.3 is 9.80 Å². The Morgan fingerprint density at radius 1 is 0.857 bits per heavy atom. The average Bonchev–Trinajstić information content (AvgIpc) is 2.69. The van der Waals surface area contributed by atoms with Gasteiger partial charge in [0.25, 0.3) is 5.91 Å². The van der Waals surface area contributed by atoms with Crippen LogP contribution in [0, 0.1) is 13.8 Å². The van der Waals surface area contributed by atoms with Crippen molar-refractivity contribution in [2.75, 3.05) is 22.9 Å². The maximum atomic E-state index is 13.3. The molecular weight excluding hydrogens is 348 g/mol. The number of anilines is 3. The summed E-state index contributed by atoms with van der Waals surface area (Å²) in [5.41, 5.74) is 3.43. The summed E-state index contributed by atoms with van der Waals surface area (Å²) in [5, 5.41) is 0. The maximum absolute atomic E-state index is 13.3. The van der Waals surface area contributed by atoms with E-state index in [-0.39, 0.29) is 5.91 Å². The quantitative estimate of drug-likeness (QED) is 0.615. The van der Waals surface area contributed by atoms with E-state index in [9.17, 15) is 4.79 Å². The molecule has 5 heteroatoms. The van der Waals surface area contributed by atoms with E-state index in [1.807, 2.05) is 75.4 Å². The van der Waals surface area contributed by atoms with Crippen LogP contribution < -0.4 is 9.80 Å². The molecule has 1 amide bonds. The largest absolute Gasteiger partial charge is 0.327 e. The van der Waals surface area contributed by atoms with E-state index in [4.69, 9.17) is 0 Å². The molecule has 2 aromatic carbocycles. The van der Waals surface area contributed by atoms with Crippen LogP contribution in [-0.4, -0.2) is 29.0 Å². The van der Waals surface area contributed by atoms with Gasteiger partial charge >= 0.3 is 0 Å². The van der Waals surface area contributed by atoms with E-state index >= 15 is 0 Å². The molecule has 0 unspecified atom stereocenters. The number of rotatable bonds is 6. The maximum Gasteiger partial charge on any atom is 0.277 e. The first-order valence-corrected chi connectivity index (χ1v) is 9.60. The number of aromatic nitrogens is 2. The van der Waals surface area contributed by atoms with E-state index in [0.29, 0.717) is 18.1 Å². The van der Waals surface area contributed by atoms with Gasteiger partial charge in [0.05, 0.1) is 0 Å². The first-order chi connectivity index (χ1) is 13.5. The fourth-order valence-corrected chi connectivity index (χ4v) is 3.26. The summed E-state index contributed by atoms with van der Waals surface area (Å²) in [4.78, 5) is 26.1. The average molecular weight is 374 g/mol. The second-order valence-electron chi connectivity index (χ2n) is 6.63. The van der Waals surface area contributed by atoms with Crippen LogP contribution in [0.1, 0.15) is 35.7 Å². The van der Waals surface area contributed by atoms with Crippen molar-refractivity contribution in [3.05, 3.63) is 77.7 Å². The topological polar surface area (TPSA) is 49.3 Å². The van der Waals surface area contributed by atoms with Crippen LogP contribution in [-0.2, 0) is 0 Å². The Labute approximate surface area is 166 Å². The number of amides is 1. The molecule has 144 valence electrons. The van der Waals surface area contributed by atoms with Crippen LogP contribution >= 0.6 is 0 Å². The van der Waals surface area contributed by atoms with Crippen LogP contribution in [0.5, 0.6) is 0 Å². The predicted octanol–water partition coefficient (Wildman–Crippen LogP) is 4.92. The smallest absolute Gasteiger partial charge is 0.277 e. The highest BCUT2D eigenvalue weighted by Crippen LogP contribution is 2.25. The monoisotopic (exact) mass is 374 g/mol. The van der Waals surface area contributed by atoms with E-state index in [1.165, 1.54) is 0 Å². The molecule has 0 saturated heterocycles. The van der Waals surface area contributed by atoms with Crippen molar-refractivity contribution in [1.29, 1.82) is 0 Å². The number of nitrogens with zero attached hydrogens (tertiary/aromatic N) is 4. The van der Waals surface area contributed by atoms with Gasteiger partial charge in [-0.1, -0.05) is 30.3 Å². The Hall–Kier alpha value is -3.21. The first-order valence-electron chi connectivity index (χ1n) is 9.60. The minimum Gasteiger partial charge on any atom is -0.327 e. The number of hydrogen-bond donors (Lipinski definition) is 0. The van der Waals surface area contributed by atoms with Crippen molar-refractivity contribution in [3.63, 3.8) is 0 Å². The van der Waals surface area contributed by atoms with Gasteiger partial charge in [0.2, 0.25) is 0 Å². The second-order valence-corrected chi connectivity index (χ2v) is 6.63. The number of para-hydroxylation sites is 1. The summed E-state index contributed by atoms with van der Waals surface area (Å²) >= 11 is 0. The van der Waals surface area contributed by atoms with Crippen LogP contribution in [0.4, 0.5) is 17.2 Å². The van der Waals surface area contributed by atoms with E-state index in [0.717, 1.165) is 29.3 Å². The minimum absolute atomic E-state index is 0.121. The summed E-state index contributed by atoms with van der Waals surface area (Å²) in [6, 6.07) is 19.8. The highest BCUT2D eigenvalue weighted by molar-refractivity contribution is 6.05. The molecule has 0 aliphatic rings. The highest BCUT2D eigenvalue weighted by Gasteiger charge is 2.20.